The average Bonchev–Trinajstić information content (AvgIpc) is 2.75. The Balaban J connectivity index is 2.20. The number of aromatic amines is 1. The second-order valence-corrected chi connectivity index (χ2v) is 6.04. The van der Waals surface area contributed by atoms with Gasteiger partial charge >= 0.3 is 0 Å². The van der Waals surface area contributed by atoms with E-state index < -0.39 is 11.7 Å². The zero-order valence-corrected chi connectivity index (χ0v) is 12.9. The molecule has 1 aliphatic rings. The zero-order chi connectivity index (χ0) is 16.0. The molecule has 1 aliphatic heterocycles. The van der Waals surface area contributed by atoms with E-state index in [0.29, 0.717) is 16.9 Å². The molecule has 0 radical (unpaired) electrons. The quantitative estimate of drug-likeness (QED) is 0.892. The number of hydrogen-bond acceptors (Lipinski definition) is 2. The lowest BCUT2D eigenvalue weighted by molar-refractivity contribution is -0.116. The molecule has 1 atom stereocenters. The molecular formula is C15H15ClFN3O2. The van der Waals surface area contributed by atoms with Crippen molar-refractivity contribution in [3.8, 4) is 0 Å². The number of carbonyl (C=O) groups excluding carboxylic acids is 1. The Morgan fingerprint density at radius 1 is 1.36 bits per heavy atom. The number of halogens is 2. The first-order valence-corrected chi connectivity index (χ1v) is 7.35. The molecular weight excluding hydrogens is 309 g/mol. The fourth-order valence-electron chi connectivity index (χ4n) is 2.82. The molecule has 0 aliphatic carbocycles. The predicted octanol–water partition coefficient (Wildman–Crippen LogP) is 3.02. The van der Waals surface area contributed by atoms with Crippen molar-refractivity contribution in [1.29, 1.82) is 0 Å². The molecule has 0 saturated carbocycles. The smallest absolute Gasteiger partial charge is 0.270 e. The van der Waals surface area contributed by atoms with E-state index in [1.165, 1.54) is 18.2 Å². The van der Waals surface area contributed by atoms with E-state index in [-0.39, 0.29) is 29.0 Å². The predicted molar refractivity (Wildman–Crippen MR) is 81.9 cm³/mol. The van der Waals surface area contributed by atoms with E-state index in [1.54, 1.807) is 4.68 Å². The Hall–Kier alpha value is -2.08. The molecule has 116 valence electrons. The van der Waals surface area contributed by atoms with Crippen LogP contribution in [0.2, 0.25) is 5.02 Å². The highest BCUT2D eigenvalue weighted by Crippen LogP contribution is 2.38. The monoisotopic (exact) mass is 323 g/mol. The van der Waals surface area contributed by atoms with Crippen LogP contribution < -0.4 is 10.9 Å². The van der Waals surface area contributed by atoms with Crippen molar-refractivity contribution >= 4 is 23.3 Å². The van der Waals surface area contributed by atoms with Crippen molar-refractivity contribution in [2.45, 2.75) is 32.2 Å². The van der Waals surface area contributed by atoms with Gasteiger partial charge in [0.25, 0.3) is 5.56 Å². The van der Waals surface area contributed by atoms with E-state index in [4.69, 9.17) is 11.6 Å². The summed E-state index contributed by atoms with van der Waals surface area (Å²) in [5.41, 5.74) is 0.766. The number of hydrogen-bond donors (Lipinski definition) is 2. The maximum absolute atomic E-state index is 13.2. The number of fused-ring (bicyclic) bond motifs is 1. The second kappa shape index (κ2) is 5.28. The molecule has 0 saturated heterocycles. The van der Waals surface area contributed by atoms with Gasteiger partial charge in [-0.2, -0.15) is 0 Å². The fourth-order valence-corrected chi connectivity index (χ4v) is 3.12. The molecule has 1 aromatic carbocycles. The first-order valence-electron chi connectivity index (χ1n) is 6.97. The normalized spacial score (nSPS) is 17.5. The van der Waals surface area contributed by atoms with Gasteiger partial charge in [0.2, 0.25) is 5.91 Å². The van der Waals surface area contributed by atoms with E-state index in [9.17, 15) is 14.0 Å². The zero-order valence-electron chi connectivity index (χ0n) is 12.1. The van der Waals surface area contributed by atoms with Crippen LogP contribution >= 0.6 is 11.6 Å². The first kappa shape index (κ1) is 14.8. The Morgan fingerprint density at radius 3 is 2.73 bits per heavy atom. The molecule has 2 heterocycles. The number of nitrogens with one attached hydrogen (secondary N) is 2. The number of H-pyrrole nitrogens is 1. The van der Waals surface area contributed by atoms with Crippen LogP contribution in [0.4, 0.5) is 10.2 Å². The van der Waals surface area contributed by atoms with Crippen LogP contribution in [0.3, 0.4) is 0 Å². The van der Waals surface area contributed by atoms with Crippen molar-refractivity contribution in [1.82, 2.24) is 9.78 Å². The lowest BCUT2D eigenvalue weighted by Crippen LogP contribution is -2.27. The third-order valence-corrected chi connectivity index (χ3v) is 4.14. The van der Waals surface area contributed by atoms with E-state index in [0.717, 1.165) is 0 Å². The van der Waals surface area contributed by atoms with Crippen LogP contribution in [0.25, 0.3) is 0 Å². The van der Waals surface area contributed by atoms with Crippen LogP contribution in [-0.4, -0.2) is 15.7 Å². The molecule has 22 heavy (non-hydrogen) atoms. The molecule has 7 heteroatoms. The summed E-state index contributed by atoms with van der Waals surface area (Å²) in [5.74, 6) is -0.684. The summed E-state index contributed by atoms with van der Waals surface area (Å²) in [6.07, 6.45) is 0.101. The summed E-state index contributed by atoms with van der Waals surface area (Å²) in [7, 11) is 0. The highest BCUT2D eigenvalue weighted by molar-refractivity contribution is 6.31. The van der Waals surface area contributed by atoms with E-state index in [1.807, 2.05) is 13.8 Å². The number of benzene rings is 1. The summed E-state index contributed by atoms with van der Waals surface area (Å²) < 4.78 is 14.9. The third-order valence-electron chi connectivity index (χ3n) is 3.81. The number of anilines is 1. The molecule has 1 unspecified atom stereocenters. The largest absolute Gasteiger partial charge is 0.311 e. The molecule has 1 amide bonds. The number of carbonyl (C=O) groups is 1. The first-order chi connectivity index (χ1) is 10.4. The number of amides is 1. The van der Waals surface area contributed by atoms with Crippen molar-refractivity contribution in [3.63, 3.8) is 0 Å². The summed E-state index contributed by atoms with van der Waals surface area (Å²) in [6.45, 7) is 3.80. The topological polar surface area (TPSA) is 66.9 Å². The summed E-state index contributed by atoms with van der Waals surface area (Å²) in [6, 6.07) is 3.98. The van der Waals surface area contributed by atoms with Crippen LogP contribution in [0.5, 0.6) is 0 Å². The maximum Gasteiger partial charge on any atom is 0.270 e. The minimum Gasteiger partial charge on any atom is -0.311 e. The Kier molecular flexibility index (Phi) is 3.56. The van der Waals surface area contributed by atoms with Crippen molar-refractivity contribution in [3.05, 3.63) is 50.5 Å². The molecule has 0 spiro atoms. The Bertz CT molecular complexity index is 810. The van der Waals surface area contributed by atoms with Crippen LogP contribution in [0.1, 0.15) is 43.4 Å². The summed E-state index contributed by atoms with van der Waals surface area (Å²) in [5, 5.41) is 5.68. The van der Waals surface area contributed by atoms with Gasteiger partial charge in [-0.05, 0) is 31.5 Å². The van der Waals surface area contributed by atoms with Crippen LogP contribution in [-0.2, 0) is 4.79 Å². The lowest BCUT2D eigenvalue weighted by Gasteiger charge is -2.24. The SMILES string of the molecule is CC(C)n1[nH]c(=O)c2c1NC(=O)CC2c1ccc(F)cc1Cl. The number of rotatable bonds is 2. The molecule has 2 aromatic rings. The van der Waals surface area contributed by atoms with Gasteiger partial charge in [0, 0.05) is 23.4 Å². The van der Waals surface area contributed by atoms with Crippen LogP contribution in [0.15, 0.2) is 23.0 Å². The molecule has 0 bridgehead atoms. The molecule has 2 N–H and O–H groups in total. The van der Waals surface area contributed by atoms with Gasteiger partial charge in [-0.3, -0.25) is 19.4 Å². The molecule has 0 fully saturated rings. The van der Waals surface area contributed by atoms with Gasteiger partial charge in [-0.15, -0.1) is 0 Å². The van der Waals surface area contributed by atoms with Crippen LogP contribution in [0, 0.1) is 5.82 Å². The Morgan fingerprint density at radius 2 is 2.09 bits per heavy atom. The molecule has 1 aromatic heterocycles. The minimum absolute atomic E-state index is 0.0146. The van der Waals surface area contributed by atoms with E-state index >= 15 is 0 Å². The Labute approximate surface area is 131 Å². The highest BCUT2D eigenvalue weighted by Gasteiger charge is 2.34. The van der Waals surface area contributed by atoms with Gasteiger partial charge in [-0.25, -0.2) is 4.39 Å². The maximum atomic E-state index is 13.2. The lowest BCUT2D eigenvalue weighted by atomic mass is 9.87. The van der Waals surface area contributed by atoms with Gasteiger partial charge in [0.1, 0.15) is 11.6 Å². The standard InChI is InChI=1S/C15H15ClFN3O2/c1-7(2)20-14-13(15(22)19-20)10(6-12(21)18-14)9-4-3-8(17)5-11(9)16/h3-5,7,10H,6H2,1-2H3,(H,18,21)(H,19,22). The number of aromatic nitrogens is 2. The molecule has 3 rings (SSSR count). The fraction of sp³-hybridized carbons (Fsp3) is 0.333. The minimum atomic E-state index is -0.486. The summed E-state index contributed by atoms with van der Waals surface area (Å²) >= 11 is 6.11. The molecule has 5 nitrogen and oxygen atoms in total. The highest BCUT2D eigenvalue weighted by atomic mass is 35.5. The van der Waals surface area contributed by atoms with Gasteiger partial charge in [0.05, 0.1) is 5.56 Å². The number of nitrogens with zero attached hydrogens (tertiary/aromatic N) is 1. The van der Waals surface area contributed by atoms with Crippen molar-refractivity contribution < 1.29 is 9.18 Å². The van der Waals surface area contributed by atoms with Gasteiger partial charge < -0.3 is 5.32 Å². The average molecular weight is 324 g/mol. The van der Waals surface area contributed by atoms with E-state index in [2.05, 4.69) is 10.4 Å². The third kappa shape index (κ3) is 2.33. The summed E-state index contributed by atoms with van der Waals surface area (Å²) in [4.78, 5) is 24.3. The van der Waals surface area contributed by atoms with Gasteiger partial charge in [-0.1, -0.05) is 17.7 Å². The van der Waals surface area contributed by atoms with Crippen molar-refractivity contribution in [2.24, 2.45) is 0 Å². The van der Waals surface area contributed by atoms with Crippen molar-refractivity contribution in [2.75, 3.05) is 5.32 Å². The van der Waals surface area contributed by atoms with Gasteiger partial charge in [0.15, 0.2) is 0 Å². The second-order valence-electron chi connectivity index (χ2n) is 5.64.